The molecule has 0 fully saturated rings. The highest BCUT2D eigenvalue weighted by molar-refractivity contribution is 6.31. The molecule has 1 atom stereocenters. The summed E-state index contributed by atoms with van der Waals surface area (Å²) >= 11 is 6.09. The molecule has 258 valence electrons. The standard InChI is InChI=1S/C34H27ClN8O8/c1-2-18(26(44)34-43-31-19(51-34)7-4-12-40-31)41-33(50)22-20(27(36)45)21(28(37)46)23(29(38)47)25(24(22)30(39)48)42-32(49)15-10-8-14(9-11-15)16-5-3-6-17(35)13-16/h3-13,18H,2H2,1H3,(H2,36,45)(H2,37,46)(H2,38,47)(H2,39,48)(H,41,50)(H,42,49). The first-order valence-corrected chi connectivity index (χ1v) is 15.3. The Hall–Kier alpha value is -6.94. The number of oxazole rings is 1. The van der Waals surface area contributed by atoms with Crippen LogP contribution in [0.2, 0.25) is 5.02 Å². The fraction of sp³-hybridized carbons (Fsp3) is 0.0882. The van der Waals surface area contributed by atoms with E-state index in [1.807, 2.05) is 0 Å². The highest BCUT2D eigenvalue weighted by Gasteiger charge is 2.38. The number of hydrogen-bond acceptors (Lipinski definition) is 10. The van der Waals surface area contributed by atoms with E-state index in [1.165, 1.54) is 31.3 Å². The van der Waals surface area contributed by atoms with E-state index in [0.717, 1.165) is 5.56 Å². The van der Waals surface area contributed by atoms with Gasteiger partial charge in [-0.15, -0.1) is 0 Å². The summed E-state index contributed by atoms with van der Waals surface area (Å²) in [6, 6.07) is 14.6. The van der Waals surface area contributed by atoms with Gasteiger partial charge in [-0.3, -0.25) is 33.6 Å². The Morgan fingerprint density at radius 1 is 0.745 bits per heavy atom. The minimum atomic E-state index is -1.50. The molecular formula is C34H27ClN8O8. The third-order valence-corrected chi connectivity index (χ3v) is 7.90. The van der Waals surface area contributed by atoms with Gasteiger partial charge in [0.15, 0.2) is 11.2 Å². The van der Waals surface area contributed by atoms with E-state index in [4.69, 9.17) is 39.0 Å². The number of halogens is 1. The summed E-state index contributed by atoms with van der Waals surface area (Å²) in [7, 11) is 0. The van der Waals surface area contributed by atoms with Gasteiger partial charge in [-0.1, -0.05) is 42.8 Å². The van der Waals surface area contributed by atoms with Crippen LogP contribution in [0.5, 0.6) is 0 Å². The molecule has 51 heavy (non-hydrogen) atoms. The van der Waals surface area contributed by atoms with Crippen LogP contribution in [-0.2, 0) is 0 Å². The molecule has 0 saturated carbocycles. The van der Waals surface area contributed by atoms with Crippen LogP contribution in [0.15, 0.2) is 71.3 Å². The summed E-state index contributed by atoms with van der Waals surface area (Å²) in [6.07, 6.45) is 1.35. The van der Waals surface area contributed by atoms with E-state index < -0.39 is 86.7 Å². The lowest BCUT2D eigenvalue weighted by atomic mass is 9.86. The normalized spacial score (nSPS) is 11.4. The quantitative estimate of drug-likeness (QED) is 0.103. The number of carbonyl (C=O) groups is 7. The second-order valence-corrected chi connectivity index (χ2v) is 11.3. The first-order valence-electron chi connectivity index (χ1n) is 14.9. The summed E-state index contributed by atoms with van der Waals surface area (Å²) in [6.45, 7) is 1.52. The molecule has 5 rings (SSSR count). The second-order valence-electron chi connectivity index (χ2n) is 10.9. The molecule has 0 radical (unpaired) electrons. The number of carbonyl (C=O) groups excluding carboxylic acids is 7. The first kappa shape index (κ1) is 35.4. The molecule has 0 aliphatic rings. The smallest absolute Gasteiger partial charge is 0.268 e. The number of Topliss-reactive ketones (excluding diaryl/α,β-unsaturated/α-hetero) is 1. The van der Waals surface area contributed by atoms with E-state index in [9.17, 15) is 33.6 Å². The number of nitrogens with one attached hydrogen (secondary N) is 2. The second kappa shape index (κ2) is 14.3. The fourth-order valence-corrected chi connectivity index (χ4v) is 5.55. The van der Waals surface area contributed by atoms with Gasteiger partial charge in [-0.2, -0.15) is 4.98 Å². The van der Waals surface area contributed by atoms with Gasteiger partial charge in [0.1, 0.15) is 0 Å². The van der Waals surface area contributed by atoms with Crippen LogP contribution in [0.1, 0.15) is 86.2 Å². The van der Waals surface area contributed by atoms with Gasteiger partial charge in [0.05, 0.1) is 39.5 Å². The molecule has 0 saturated heterocycles. The molecule has 6 amide bonds. The number of pyridine rings is 1. The average molecular weight is 711 g/mol. The molecule has 0 spiro atoms. The van der Waals surface area contributed by atoms with Crippen molar-refractivity contribution in [2.75, 3.05) is 5.32 Å². The van der Waals surface area contributed by atoms with Crippen molar-refractivity contribution in [3.05, 3.63) is 111 Å². The average Bonchev–Trinajstić information content (AvgIpc) is 3.53. The zero-order valence-corrected chi connectivity index (χ0v) is 27.2. The van der Waals surface area contributed by atoms with E-state index in [0.29, 0.717) is 10.6 Å². The van der Waals surface area contributed by atoms with Crippen molar-refractivity contribution in [1.29, 1.82) is 0 Å². The number of primary amides is 4. The number of hydrogen-bond donors (Lipinski definition) is 6. The van der Waals surface area contributed by atoms with Crippen LogP contribution in [-0.4, -0.2) is 57.2 Å². The number of ketones is 1. The number of rotatable bonds is 12. The molecule has 1 unspecified atom stereocenters. The summed E-state index contributed by atoms with van der Waals surface area (Å²) in [5.41, 5.74) is 18.5. The maximum atomic E-state index is 14.0. The fourth-order valence-electron chi connectivity index (χ4n) is 5.36. The van der Waals surface area contributed by atoms with Gasteiger partial charge >= 0.3 is 0 Å². The number of fused-ring (bicyclic) bond motifs is 1. The Kier molecular flexibility index (Phi) is 9.90. The van der Waals surface area contributed by atoms with E-state index in [2.05, 4.69) is 20.6 Å². The summed E-state index contributed by atoms with van der Waals surface area (Å²) < 4.78 is 5.47. The monoisotopic (exact) mass is 710 g/mol. The Bertz CT molecular complexity index is 2270. The maximum Gasteiger partial charge on any atom is 0.268 e. The molecule has 5 aromatic rings. The molecule has 0 aliphatic carbocycles. The molecule has 0 bridgehead atoms. The van der Waals surface area contributed by atoms with Crippen molar-refractivity contribution < 1.29 is 38.0 Å². The van der Waals surface area contributed by atoms with Crippen LogP contribution in [0.4, 0.5) is 5.69 Å². The first-order chi connectivity index (χ1) is 24.2. The minimum absolute atomic E-state index is 0.0262. The van der Waals surface area contributed by atoms with E-state index in [1.54, 1.807) is 42.5 Å². The molecule has 17 heteroatoms. The Morgan fingerprint density at radius 2 is 1.35 bits per heavy atom. The topological polar surface area (TPSA) is 287 Å². The zero-order valence-electron chi connectivity index (χ0n) is 26.5. The molecule has 2 aromatic heterocycles. The van der Waals surface area contributed by atoms with Gasteiger partial charge in [0.2, 0.25) is 17.6 Å². The van der Waals surface area contributed by atoms with Crippen LogP contribution >= 0.6 is 11.6 Å². The zero-order chi connectivity index (χ0) is 37.1. The van der Waals surface area contributed by atoms with Crippen molar-refractivity contribution in [3.63, 3.8) is 0 Å². The van der Waals surface area contributed by atoms with Crippen molar-refractivity contribution in [1.82, 2.24) is 15.3 Å². The van der Waals surface area contributed by atoms with Crippen LogP contribution in [0.25, 0.3) is 22.4 Å². The Balaban J connectivity index is 1.63. The SMILES string of the molecule is CCC(NC(=O)c1c(C(N)=O)c(NC(=O)c2ccc(-c3cccc(Cl)c3)cc2)c(C(N)=O)c(C(N)=O)c1C(N)=O)C(=O)c1nc2ncccc2o1. The highest BCUT2D eigenvalue weighted by Crippen LogP contribution is 2.34. The van der Waals surface area contributed by atoms with Crippen LogP contribution in [0.3, 0.4) is 0 Å². The molecule has 10 N–H and O–H groups in total. The maximum absolute atomic E-state index is 14.0. The summed E-state index contributed by atoms with van der Waals surface area (Å²) in [5.74, 6) is -9.44. The van der Waals surface area contributed by atoms with Gasteiger partial charge in [-0.05, 0) is 53.9 Å². The van der Waals surface area contributed by atoms with Gasteiger partial charge in [-0.25, -0.2) is 4.98 Å². The molecule has 16 nitrogen and oxygen atoms in total. The third-order valence-electron chi connectivity index (χ3n) is 7.66. The van der Waals surface area contributed by atoms with Crippen LogP contribution in [0, 0.1) is 0 Å². The number of amides is 6. The predicted molar refractivity (Wildman–Crippen MR) is 183 cm³/mol. The van der Waals surface area contributed by atoms with Gasteiger partial charge in [0, 0.05) is 16.8 Å². The molecule has 0 aliphatic heterocycles. The molecular weight excluding hydrogens is 684 g/mol. The lowest BCUT2D eigenvalue weighted by Crippen LogP contribution is -2.43. The van der Waals surface area contributed by atoms with Gasteiger partial charge < -0.3 is 38.0 Å². The number of anilines is 1. The Labute approximate surface area is 292 Å². The lowest BCUT2D eigenvalue weighted by molar-refractivity contribution is 0.0832. The van der Waals surface area contributed by atoms with Gasteiger partial charge in [0.25, 0.3) is 29.5 Å². The summed E-state index contributed by atoms with van der Waals surface area (Å²) in [5, 5.41) is 5.15. The largest absolute Gasteiger partial charge is 0.432 e. The van der Waals surface area contributed by atoms with Crippen LogP contribution < -0.4 is 33.6 Å². The summed E-state index contributed by atoms with van der Waals surface area (Å²) in [4.78, 5) is 101. The number of nitrogens with two attached hydrogens (primary N) is 4. The lowest BCUT2D eigenvalue weighted by Gasteiger charge is -2.23. The van der Waals surface area contributed by atoms with Crippen molar-refractivity contribution in [2.45, 2.75) is 19.4 Å². The van der Waals surface area contributed by atoms with E-state index >= 15 is 0 Å². The van der Waals surface area contributed by atoms with Crippen molar-refractivity contribution in [3.8, 4) is 11.1 Å². The predicted octanol–water partition coefficient (Wildman–Crippen LogP) is 2.58. The number of aromatic nitrogens is 2. The highest BCUT2D eigenvalue weighted by atomic mass is 35.5. The molecule has 2 heterocycles. The number of nitrogens with zero attached hydrogens (tertiary/aromatic N) is 2. The number of benzene rings is 3. The minimum Gasteiger partial charge on any atom is -0.432 e. The Morgan fingerprint density at radius 3 is 1.92 bits per heavy atom. The van der Waals surface area contributed by atoms with E-state index in [-0.39, 0.29) is 23.2 Å². The van der Waals surface area contributed by atoms with Crippen molar-refractivity contribution in [2.24, 2.45) is 22.9 Å². The molecule has 3 aromatic carbocycles. The van der Waals surface area contributed by atoms with Crippen molar-refractivity contribution >= 4 is 69.7 Å². The third kappa shape index (κ3) is 6.97.